The fraction of sp³-hybridized carbons (Fsp3) is 0.444. The van der Waals surface area contributed by atoms with Gasteiger partial charge in [-0.3, -0.25) is 9.69 Å². The Morgan fingerprint density at radius 3 is 2.54 bits per heavy atom. The Labute approximate surface area is 146 Å². The Hall–Kier alpha value is -1.76. The predicted octanol–water partition coefficient (Wildman–Crippen LogP) is 2.52. The van der Waals surface area contributed by atoms with Crippen LogP contribution in [0.15, 0.2) is 29.6 Å². The highest BCUT2D eigenvalue weighted by atomic mass is 32.1. The number of nitrogens with zero attached hydrogens (tertiary/aromatic N) is 2. The molecule has 1 fully saturated rings. The summed E-state index contributed by atoms with van der Waals surface area (Å²) >= 11 is 1.42. The minimum Gasteiger partial charge on any atom is -0.347 e. The number of likely N-dealkylation sites (tertiary alicyclic amines) is 1. The maximum Gasteiger partial charge on any atom is 0.271 e. The number of hydrogen-bond acceptors (Lipinski definition) is 5. The van der Waals surface area contributed by atoms with Crippen LogP contribution in [0.3, 0.4) is 0 Å². The van der Waals surface area contributed by atoms with Gasteiger partial charge in [-0.15, -0.1) is 11.3 Å². The zero-order valence-corrected chi connectivity index (χ0v) is 14.6. The summed E-state index contributed by atoms with van der Waals surface area (Å²) in [5.41, 5.74) is 8.40. The van der Waals surface area contributed by atoms with Gasteiger partial charge in [0, 0.05) is 25.0 Å². The standard InChI is InChI=1S/C18H24N4OS/c19-10-17-21-16(13-24-17)18(23)20-11-14-4-6-15(7-5-14)12-22-8-2-1-3-9-22/h4-7,13H,1-3,8-12,19H2,(H,20,23). The summed E-state index contributed by atoms with van der Waals surface area (Å²) in [7, 11) is 0. The van der Waals surface area contributed by atoms with E-state index in [4.69, 9.17) is 5.73 Å². The highest BCUT2D eigenvalue weighted by molar-refractivity contribution is 7.09. The van der Waals surface area contributed by atoms with Crippen LogP contribution in [0.2, 0.25) is 0 Å². The first-order valence-electron chi connectivity index (χ1n) is 8.47. The van der Waals surface area contributed by atoms with E-state index in [-0.39, 0.29) is 5.91 Å². The third-order valence-electron chi connectivity index (χ3n) is 4.29. The molecule has 0 atom stereocenters. The lowest BCUT2D eigenvalue weighted by molar-refractivity contribution is 0.0946. The number of nitrogens with two attached hydrogens (primary N) is 1. The molecular weight excluding hydrogens is 320 g/mol. The monoisotopic (exact) mass is 344 g/mol. The highest BCUT2D eigenvalue weighted by Gasteiger charge is 2.11. The quantitative estimate of drug-likeness (QED) is 0.845. The molecular formula is C18H24N4OS. The molecule has 1 aliphatic rings. The number of piperidine rings is 1. The molecule has 6 heteroatoms. The van der Waals surface area contributed by atoms with Crippen LogP contribution in [-0.4, -0.2) is 28.9 Å². The van der Waals surface area contributed by atoms with Crippen LogP contribution in [0.25, 0.3) is 0 Å². The van der Waals surface area contributed by atoms with Gasteiger partial charge in [0.2, 0.25) is 0 Å². The maximum absolute atomic E-state index is 12.1. The van der Waals surface area contributed by atoms with Crippen LogP contribution < -0.4 is 11.1 Å². The van der Waals surface area contributed by atoms with Gasteiger partial charge in [0.05, 0.1) is 0 Å². The number of nitrogens with one attached hydrogen (secondary N) is 1. The summed E-state index contributed by atoms with van der Waals surface area (Å²) in [5, 5.41) is 5.44. The van der Waals surface area contributed by atoms with Gasteiger partial charge < -0.3 is 11.1 Å². The number of benzene rings is 1. The number of carbonyl (C=O) groups excluding carboxylic acids is 1. The van der Waals surface area contributed by atoms with Crippen molar-refractivity contribution >= 4 is 17.2 Å². The summed E-state index contributed by atoms with van der Waals surface area (Å²) in [4.78, 5) is 18.8. The van der Waals surface area contributed by atoms with E-state index >= 15 is 0 Å². The fourth-order valence-electron chi connectivity index (χ4n) is 2.92. The number of aromatic nitrogens is 1. The minimum atomic E-state index is -0.150. The molecule has 0 aliphatic carbocycles. The van der Waals surface area contributed by atoms with Gasteiger partial charge in [0.1, 0.15) is 10.7 Å². The molecule has 3 rings (SSSR count). The summed E-state index contributed by atoms with van der Waals surface area (Å²) in [6.07, 6.45) is 3.99. The van der Waals surface area contributed by atoms with E-state index in [9.17, 15) is 4.79 Å². The van der Waals surface area contributed by atoms with Gasteiger partial charge >= 0.3 is 0 Å². The summed E-state index contributed by atoms with van der Waals surface area (Å²) in [6, 6.07) is 8.49. The Morgan fingerprint density at radius 1 is 1.17 bits per heavy atom. The normalized spacial score (nSPS) is 15.4. The summed E-state index contributed by atoms with van der Waals surface area (Å²) < 4.78 is 0. The van der Waals surface area contributed by atoms with Crippen LogP contribution in [0.4, 0.5) is 0 Å². The van der Waals surface area contributed by atoms with Crippen molar-refractivity contribution in [3.05, 3.63) is 51.5 Å². The molecule has 0 radical (unpaired) electrons. The number of carbonyl (C=O) groups is 1. The van der Waals surface area contributed by atoms with Crippen LogP contribution in [-0.2, 0) is 19.6 Å². The molecule has 1 amide bonds. The molecule has 2 heterocycles. The molecule has 128 valence electrons. The van der Waals surface area contributed by atoms with E-state index in [0.717, 1.165) is 17.1 Å². The van der Waals surface area contributed by atoms with E-state index in [1.165, 1.54) is 49.3 Å². The van der Waals surface area contributed by atoms with Gasteiger partial charge in [-0.05, 0) is 37.1 Å². The van der Waals surface area contributed by atoms with Gasteiger partial charge in [-0.2, -0.15) is 0 Å². The van der Waals surface area contributed by atoms with Crippen molar-refractivity contribution in [1.82, 2.24) is 15.2 Å². The Balaban J connectivity index is 1.49. The lowest BCUT2D eigenvalue weighted by Gasteiger charge is -2.26. The van der Waals surface area contributed by atoms with Crippen molar-refractivity contribution in [2.75, 3.05) is 13.1 Å². The van der Waals surface area contributed by atoms with E-state index in [0.29, 0.717) is 18.8 Å². The van der Waals surface area contributed by atoms with Crippen molar-refractivity contribution in [3.63, 3.8) is 0 Å². The zero-order chi connectivity index (χ0) is 16.8. The van der Waals surface area contributed by atoms with E-state index in [1.54, 1.807) is 5.38 Å². The lowest BCUT2D eigenvalue weighted by Crippen LogP contribution is -2.29. The summed E-state index contributed by atoms with van der Waals surface area (Å²) in [6.45, 7) is 4.31. The molecule has 0 unspecified atom stereocenters. The molecule has 3 N–H and O–H groups in total. The molecule has 1 aromatic carbocycles. The van der Waals surface area contributed by atoms with Crippen molar-refractivity contribution in [2.24, 2.45) is 5.73 Å². The van der Waals surface area contributed by atoms with E-state index < -0.39 is 0 Å². The van der Waals surface area contributed by atoms with E-state index in [2.05, 4.69) is 39.5 Å². The molecule has 0 bridgehead atoms. The second-order valence-corrected chi connectivity index (χ2v) is 7.11. The van der Waals surface area contributed by atoms with Gasteiger partial charge in [-0.1, -0.05) is 30.7 Å². The first kappa shape index (κ1) is 17.1. The van der Waals surface area contributed by atoms with Crippen LogP contribution in [0.5, 0.6) is 0 Å². The second kappa shape index (κ2) is 8.37. The second-order valence-electron chi connectivity index (χ2n) is 6.17. The molecule has 1 aliphatic heterocycles. The Bertz CT molecular complexity index is 662. The number of thiazole rings is 1. The first-order valence-corrected chi connectivity index (χ1v) is 9.35. The lowest BCUT2D eigenvalue weighted by atomic mass is 10.1. The molecule has 0 spiro atoms. The van der Waals surface area contributed by atoms with Crippen LogP contribution in [0.1, 0.15) is 45.9 Å². The molecule has 2 aromatic rings. The molecule has 1 aromatic heterocycles. The van der Waals surface area contributed by atoms with Crippen molar-refractivity contribution in [3.8, 4) is 0 Å². The largest absolute Gasteiger partial charge is 0.347 e. The SMILES string of the molecule is NCc1nc(C(=O)NCc2ccc(CN3CCCCC3)cc2)cs1. The average Bonchev–Trinajstić information content (AvgIpc) is 3.11. The smallest absolute Gasteiger partial charge is 0.271 e. The van der Waals surface area contributed by atoms with Gasteiger partial charge in [-0.25, -0.2) is 4.98 Å². The molecule has 5 nitrogen and oxygen atoms in total. The predicted molar refractivity (Wildman–Crippen MR) is 96.7 cm³/mol. The number of rotatable bonds is 6. The van der Waals surface area contributed by atoms with Crippen LogP contribution in [0, 0.1) is 0 Å². The Kier molecular flexibility index (Phi) is 5.96. The fourth-order valence-corrected chi connectivity index (χ4v) is 3.57. The highest BCUT2D eigenvalue weighted by Crippen LogP contribution is 2.14. The average molecular weight is 344 g/mol. The number of hydrogen-bond donors (Lipinski definition) is 2. The van der Waals surface area contributed by atoms with Gasteiger partial charge in [0.25, 0.3) is 5.91 Å². The zero-order valence-electron chi connectivity index (χ0n) is 13.8. The van der Waals surface area contributed by atoms with Crippen molar-refractivity contribution in [2.45, 2.75) is 38.9 Å². The number of amides is 1. The van der Waals surface area contributed by atoms with E-state index in [1.807, 2.05) is 0 Å². The third kappa shape index (κ3) is 4.63. The molecule has 24 heavy (non-hydrogen) atoms. The maximum atomic E-state index is 12.1. The van der Waals surface area contributed by atoms with Gasteiger partial charge in [0.15, 0.2) is 0 Å². The minimum absolute atomic E-state index is 0.150. The Morgan fingerprint density at radius 2 is 1.88 bits per heavy atom. The third-order valence-corrected chi connectivity index (χ3v) is 5.16. The van der Waals surface area contributed by atoms with Crippen molar-refractivity contribution in [1.29, 1.82) is 0 Å². The van der Waals surface area contributed by atoms with Crippen LogP contribution >= 0.6 is 11.3 Å². The summed E-state index contributed by atoms with van der Waals surface area (Å²) in [5.74, 6) is -0.150. The molecule has 1 saturated heterocycles. The molecule has 0 saturated carbocycles. The first-order chi connectivity index (χ1) is 11.7. The topological polar surface area (TPSA) is 71.2 Å². The van der Waals surface area contributed by atoms with Crippen molar-refractivity contribution < 1.29 is 4.79 Å².